The molecule has 4 heteroatoms. The molecule has 0 bridgehead atoms. The second-order valence-corrected chi connectivity index (χ2v) is 25.7. The zero-order chi connectivity index (χ0) is 47.3. The fourth-order valence-electron chi connectivity index (χ4n) is 11.7. The molecule has 3 aliphatic rings. The van der Waals surface area contributed by atoms with Crippen LogP contribution < -0.4 is 25.5 Å². The molecule has 0 amide bonds. The molecule has 0 spiro atoms. The molecule has 11 rings (SSSR count). The molecule has 1 aromatic heterocycles. The lowest BCUT2D eigenvalue weighted by atomic mass is 9.36. The highest BCUT2D eigenvalue weighted by atomic mass is 32.1. The number of anilines is 6. The molecule has 67 heavy (non-hydrogen) atoms. The van der Waals surface area contributed by atoms with Crippen LogP contribution in [0.15, 0.2) is 127 Å². The second-order valence-electron chi connectivity index (χ2n) is 24.6. The van der Waals surface area contributed by atoms with Gasteiger partial charge in [-0.25, -0.2) is 0 Å². The predicted octanol–water partition coefficient (Wildman–Crippen LogP) is 16.4. The maximum absolute atomic E-state index is 2.67. The Balaban J connectivity index is 1.27. The summed E-state index contributed by atoms with van der Waals surface area (Å²) in [7, 11) is 0. The Morgan fingerprint density at radius 3 is 1.73 bits per heavy atom. The van der Waals surface area contributed by atoms with Crippen molar-refractivity contribution < 1.29 is 0 Å². The van der Waals surface area contributed by atoms with E-state index in [2.05, 4.69) is 234 Å². The van der Waals surface area contributed by atoms with Gasteiger partial charge in [-0.3, -0.25) is 0 Å². The van der Waals surface area contributed by atoms with Gasteiger partial charge in [0, 0.05) is 43.2 Å². The third-order valence-corrected chi connectivity index (χ3v) is 17.0. The van der Waals surface area contributed by atoms with Crippen molar-refractivity contribution in [2.75, 3.05) is 9.80 Å². The molecule has 2 aliphatic heterocycles. The van der Waals surface area contributed by atoms with Crippen molar-refractivity contribution in [3.8, 4) is 11.1 Å². The number of aryl methyl sites for hydroxylation is 1. The van der Waals surface area contributed by atoms with E-state index in [0.29, 0.717) is 0 Å². The van der Waals surface area contributed by atoms with Crippen molar-refractivity contribution in [1.29, 1.82) is 0 Å². The van der Waals surface area contributed by atoms with Crippen molar-refractivity contribution in [1.82, 2.24) is 0 Å². The van der Waals surface area contributed by atoms with Gasteiger partial charge in [-0.1, -0.05) is 163 Å². The minimum atomic E-state index is -0.0343. The molecular weight excluding hydrogens is 828 g/mol. The predicted molar refractivity (Wildman–Crippen MR) is 295 cm³/mol. The van der Waals surface area contributed by atoms with E-state index in [4.69, 9.17) is 0 Å². The van der Waals surface area contributed by atoms with Crippen LogP contribution in [-0.2, 0) is 27.1 Å². The van der Waals surface area contributed by atoms with E-state index in [1.54, 1.807) is 0 Å². The van der Waals surface area contributed by atoms with Crippen LogP contribution in [0.3, 0.4) is 0 Å². The summed E-state index contributed by atoms with van der Waals surface area (Å²) >= 11 is 2.04. The van der Waals surface area contributed by atoms with Gasteiger partial charge in [0.1, 0.15) is 0 Å². The van der Waals surface area contributed by atoms with Crippen molar-refractivity contribution in [2.45, 2.75) is 137 Å². The summed E-state index contributed by atoms with van der Waals surface area (Å²) in [4.78, 5) is 5.32. The lowest BCUT2D eigenvalue weighted by Gasteiger charge is -2.44. The standard InChI is InChI=1S/C63H67BN2S/c1-38-32-53-56-54(33-38)66(51-28-24-41(60(5,6)7)34-46(51)45-21-17-19-39-18-15-16-20-44(39)45)52-29-25-42(61(8,9)10)35-50(52)64(56)58-57(65(53)43-26-22-40(23-27-43)59(2,3)4)47-36-48-49(37-55(47)67-58)63(13,14)31-30-62(48,11)12/h15-29,32-37H,30-31H2,1-14H3. The van der Waals surface area contributed by atoms with Crippen molar-refractivity contribution in [2.24, 2.45) is 0 Å². The van der Waals surface area contributed by atoms with Crippen molar-refractivity contribution >= 4 is 88.7 Å². The Kier molecular flexibility index (Phi) is 9.65. The third kappa shape index (κ3) is 6.94. The van der Waals surface area contributed by atoms with Gasteiger partial charge in [0.2, 0.25) is 0 Å². The fourth-order valence-corrected chi connectivity index (χ4v) is 13.0. The van der Waals surface area contributed by atoms with Crippen LogP contribution in [0.1, 0.15) is 136 Å². The molecule has 8 aromatic rings. The van der Waals surface area contributed by atoms with Crippen LogP contribution in [0, 0.1) is 6.92 Å². The molecule has 0 atom stereocenters. The first kappa shape index (κ1) is 44.0. The largest absolute Gasteiger partial charge is 0.311 e. The fraction of sp³-hybridized carbons (Fsp3) is 0.333. The highest BCUT2D eigenvalue weighted by Crippen LogP contribution is 2.54. The van der Waals surface area contributed by atoms with Gasteiger partial charge in [0.05, 0.1) is 11.4 Å². The Bertz CT molecular complexity index is 3320. The third-order valence-electron chi connectivity index (χ3n) is 15.8. The zero-order valence-electron chi connectivity index (χ0n) is 42.4. The molecular formula is C63H67BN2S. The van der Waals surface area contributed by atoms with Gasteiger partial charge >= 0.3 is 0 Å². The first-order chi connectivity index (χ1) is 31.5. The van der Waals surface area contributed by atoms with Gasteiger partial charge in [-0.2, -0.15) is 0 Å². The number of hydrogen-bond acceptors (Lipinski definition) is 3. The number of hydrogen-bond donors (Lipinski definition) is 0. The average Bonchev–Trinajstić information content (AvgIpc) is 3.64. The number of thiophene rings is 1. The summed E-state index contributed by atoms with van der Waals surface area (Å²) in [5.41, 5.74) is 21.4. The molecule has 338 valence electrons. The van der Waals surface area contributed by atoms with Gasteiger partial charge in [0.15, 0.2) is 0 Å². The Labute approximate surface area is 405 Å². The Morgan fingerprint density at radius 1 is 0.507 bits per heavy atom. The average molecular weight is 895 g/mol. The smallest absolute Gasteiger partial charge is 0.264 e. The summed E-state index contributed by atoms with van der Waals surface area (Å²) in [6.45, 7) is 33.3. The van der Waals surface area contributed by atoms with E-state index in [1.807, 2.05) is 11.3 Å². The molecule has 2 nitrogen and oxygen atoms in total. The number of rotatable bonds is 3. The Morgan fingerprint density at radius 2 is 1.07 bits per heavy atom. The molecule has 0 N–H and O–H groups in total. The molecule has 3 heterocycles. The Hall–Kier alpha value is -5.58. The lowest BCUT2D eigenvalue weighted by Crippen LogP contribution is -2.60. The van der Waals surface area contributed by atoms with Gasteiger partial charge in [0.25, 0.3) is 6.71 Å². The molecule has 1 aliphatic carbocycles. The molecule has 7 aromatic carbocycles. The van der Waals surface area contributed by atoms with Crippen LogP contribution in [0.5, 0.6) is 0 Å². The van der Waals surface area contributed by atoms with Crippen LogP contribution in [0.4, 0.5) is 34.1 Å². The maximum Gasteiger partial charge on any atom is 0.264 e. The summed E-state index contributed by atoms with van der Waals surface area (Å²) in [6, 6.07) is 50.2. The van der Waals surface area contributed by atoms with Gasteiger partial charge in [-0.15, -0.1) is 11.3 Å². The van der Waals surface area contributed by atoms with E-state index >= 15 is 0 Å². The molecule has 0 radical (unpaired) electrons. The quantitative estimate of drug-likeness (QED) is 0.163. The van der Waals surface area contributed by atoms with E-state index < -0.39 is 0 Å². The first-order valence-electron chi connectivity index (χ1n) is 24.8. The molecule has 0 fully saturated rings. The summed E-state index contributed by atoms with van der Waals surface area (Å²) < 4.78 is 2.83. The summed E-state index contributed by atoms with van der Waals surface area (Å²) in [6.07, 6.45) is 2.38. The molecule has 0 unspecified atom stereocenters. The van der Waals surface area contributed by atoms with Crippen LogP contribution in [-0.4, -0.2) is 6.71 Å². The minimum absolute atomic E-state index is 0.0306. The van der Waals surface area contributed by atoms with Gasteiger partial charge < -0.3 is 9.80 Å². The number of nitrogens with zero attached hydrogens (tertiary/aromatic N) is 2. The highest BCUT2D eigenvalue weighted by Gasteiger charge is 2.47. The summed E-state index contributed by atoms with van der Waals surface area (Å²) in [5, 5.41) is 3.91. The molecule has 0 saturated heterocycles. The SMILES string of the molecule is Cc1cc2c3c(c1)N(c1ccc(C(C)(C)C)cc1)c1c(sc4cc5c(cc14)C(C)(C)CCC5(C)C)B3c1cc(C(C)(C)C)ccc1N2c1ccc(C(C)(C)C)cc1-c1cccc2ccccc12. The van der Waals surface area contributed by atoms with E-state index in [1.165, 1.54) is 128 Å². The molecule has 0 saturated carbocycles. The van der Waals surface area contributed by atoms with E-state index in [-0.39, 0.29) is 33.8 Å². The number of fused-ring (bicyclic) bond motifs is 8. The van der Waals surface area contributed by atoms with Crippen LogP contribution >= 0.6 is 11.3 Å². The minimum Gasteiger partial charge on any atom is -0.311 e. The first-order valence-corrected chi connectivity index (χ1v) is 25.6. The normalized spacial score (nSPS) is 16.2. The van der Waals surface area contributed by atoms with Gasteiger partial charge in [-0.05, 0) is 162 Å². The second kappa shape index (κ2) is 14.7. The van der Waals surface area contributed by atoms with Crippen LogP contribution in [0.2, 0.25) is 0 Å². The number of benzene rings is 7. The highest BCUT2D eigenvalue weighted by molar-refractivity contribution is 7.33. The lowest BCUT2D eigenvalue weighted by molar-refractivity contribution is 0.332. The zero-order valence-corrected chi connectivity index (χ0v) is 43.2. The van der Waals surface area contributed by atoms with Crippen LogP contribution in [0.25, 0.3) is 32.0 Å². The summed E-state index contributed by atoms with van der Waals surface area (Å²) in [5.74, 6) is 0. The monoisotopic (exact) mass is 895 g/mol. The van der Waals surface area contributed by atoms with E-state index in [9.17, 15) is 0 Å². The van der Waals surface area contributed by atoms with Crippen molar-refractivity contribution in [3.05, 3.63) is 161 Å². The maximum atomic E-state index is 2.67. The topological polar surface area (TPSA) is 6.48 Å². The van der Waals surface area contributed by atoms with E-state index in [0.717, 1.165) is 0 Å². The van der Waals surface area contributed by atoms with Crippen molar-refractivity contribution in [3.63, 3.8) is 0 Å².